The molecule has 2 N–H and O–H groups in total. The fourth-order valence-corrected chi connectivity index (χ4v) is 3.91. The number of carboxylic acids is 1. The average Bonchev–Trinajstić information content (AvgIpc) is 3.14. The standard InChI is InChI=1S/C24H20N2O7/c27-23(28)22(13-15-9-11-16(12-10-15)26(30)31)25-33-24(29)32-14-21-19-7-3-1-5-17(19)18-6-2-4-8-20(18)21/h1-12,21-22,25H,13-14H2,(H,27,28)/t22-/m0/s1. The first-order chi connectivity index (χ1) is 15.9. The number of rotatable bonds is 8. The highest BCUT2D eigenvalue weighted by atomic mass is 16.8. The van der Waals surface area contributed by atoms with E-state index in [4.69, 9.17) is 9.57 Å². The number of fused-ring (bicyclic) bond motifs is 3. The Balaban J connectivity index is 1.35. The first kappa shape index (κ1) is 22.0. The maximum Gasteiger partial charge on any atom is 0.527 e. The zero-order valence-corrected chi connectivity index (χ0v) is 17.3. The van der Waals surface area contributed by atoms with Crippen LogP contribution in [0.25, 0.3) is 11.1 Å². The number of ether oxygens (including phenoxy) is 1. The topological polar surface area (TPSA) is 128 Å². The Kier molecular flexibility index (Phi) is 6.32. The molecule has 0 saturated carbocycles. The van der Waals surface area contributed by atoms with Gasteiger partial charge in [-0.25, -0.2) is 4.79 Å². The number of carbonyl (C=O) groups is 2. The SMILES string of the molecule is O=C(OCC1c2ccccc2-c2ccccc21)ON[C@@H](Cc1ccc([N+](=O)[O-])cc1)C(=O)O. The molecule has 168 valence electrons. The molecule has 3 aromatic carbocycles. The molecule has 0 bridgehead atoms. The zero-order valence-electron chi connectivity index (χ0n) is 17.3. The second-order valence-electron chi connectivity index (χ2n) is 7.53. The first-order valence-electron chi connectivity index (χ1n) is 10.2. The van der Waals surface area contributed by atoms with Gasteiger partial charge < -0.3 is 14.7 Å². The fraction of sp³-hybridized carbons (Fsp3) is 0.167. The number of non-ortho nitro benzene ring substituents is 1. The van der Waals surface area contributed by atoms with Gasteiger partial charge in [-0.3, -0.25) is 14.9 Å². The van der Waals surface area contributed by atoms with Gasteiger partial charge in [0.05, 0.1) is 4.92 Å². The zero-order chi connectivity index (χ0) is 23.4. The molecule has 9 nitrogen and oxygen atoms in total. The van der Waals surface area contributed by atoms with Crippen LogP contribution in [-0.2, 0) is 20.8 Å². The molecule has 0 fully saturated rings. The summed E-state index contributed by atoms with van der Waals surface area (Å²) in [6.45, 7) is 0.0363. The summed E-state index contributed by atoms with van der Waals surface area (Å²) in [5.41, 5.74) is 6.89. The Labute approximate surface area is 188 Å². The van der Waals surface area contributed by atoms with E-state index in [9.17, 15) is 24.8 Å². The largest absolute Gasteiger partial charge is 0.527 e. The number of aliphatic carboxylic acids is 1. The maximum absolute atomic E-state index is 12.1. The minimum absolute atomic E-state index is 0.0363. The lowest BCUT2D eigenvalue weighted by molar-refractivity contribution is -0.384. The predicted molar refractivity (Wildman–Crippen MR) is 118 cm³/mol. The van der Waals surface area contributed by atoms with Crippen LogP contribution >= 0.6 is 0 Å². The highest BCUT2D eigenvalue weighted by Gasteiger charge is 2.29. The highest BCUT2D eigenvalue weighted by molar-refractivity contribution is 5.79. The van der Waals surface area contributed by atoms with Gasteiger partial charge in [-0.15, -0.1) is 5.48 Å². The minimum atomic E-state index is -1.26. The van der Waals surface area contributed by atoms with Crippen molar-refractivity contribution >= 4 is 17.8 Å². The number of carbonyl (C=O) groups excluding carboxylic acids is 1. The van der Waals surface area contributed by atoms with Gasteiger partial charge in [-0.2, -0.15) is 0 Å². The van der Waals surface area contributed by atoms with Crippen LogP contribution < -0.4 is 5.48 Å². The van der Waals surface area contributed by atoms with Gasteiger partial charge in [0.25, 0.3) is 5.69 Å². The Morgan fingerprint density at radius 2 is 1.55 bits per heavy atom. The summed E-state index contributed by atoms with van der Waals surface area (Å²) in [6, 6.07) is 19.9. The summed E-state index contributed by atoms with van der Waals surface area (Å²) >= 11 is 0. The Morgan fingerprint density at radius 3 is 2.09 bits per heavy atom. The van der Waals surface area contributed by atoms with Gasteiger partial charge in [0.2, 0.25) is 0 Å². The lowest BCUT2D eigenvalue weighted by atomic mass is 9.98. The molecule has 0 aromatic heterocycles. The van der Waals surface area contributed by atoms with Gasteiger partial charge in [-0.05, 0) is 27.8 Å². The Bertz CT molecular complexity index is 1150. The van der Waals surface area contributed by atoms with E-state index in [-0.39, 0.29) is 24.6 Å². The van der Waals surface area contributed by atoms with Crippen molar-refractivity contribution in [2.24, 2.45) is 0 Å². The average molecular weight is 448 g/mol. The number of hydroxylamine groups is 1. The molecular formula is C24H20N2O7. The third-order valence-electron chi connectivity index (χ3n) is 5.50. The van der Waals surface area contributed by atoms with E-state index in [1.54, 1.807) is 0 Å². The number of nitro benzene ring substituents is 1. The van der Waals surface area contributed by atoms with Crippen LogP contribution in [0.1, 0.15) is 22.6 Å². The number of nitrogens with zero attached hydrogens (tertiary/aromatic N) is 1. The molecule has 0 amide bonds. The molecule has 0 spiro atoms. The smallest absolute Gasteiger partial charge is 0.480 e. The molecule has 1 aliphatic carbocycles. The number of benzene rings is 3. The molecule has 0 unspecified atom stereocenters. The molecular weight excluding hydrogens is 428 g/mol. The minimum Gasteiger partial charge on any atom is -0.480 e. The van der Waals surface area contributed by atoms with E-state index >= 15 is 0 Å². The van der Waals surface area contributed by atoms with Gasteiger partial charge in [0.1, 0.15) is 12.6 Å². The van der Waals surface area contributed by atoms with E-state index in [1.807, 2.05) is 48.5 Å². The van der Waals surface area contributed by atoms with Crippen LogP contribution in [0.15, 0.2) is 72.8 Å². The normalized spacial score (nSPS) is 13.0. The second-order valence-corrected chi connectivity index (χ2v) is 7.53. The van der Waals surface area contributed by atoms with Crippen LogP contribution in [0.5, 0.6) is 0 Å². The lowest BCUT2D eigenvalue weighted by Crippen LogP contribution is -2.40. The monoisotopic (exact) mass is 448 g/mol. The van der Waals surface area contributed by atoms with E-state index in [0.29, 0.717) is 5.56 Å². The summed E-state index contributed by atoms with van der Waals surface area (Å²) in [5.74, 6) is -1.40. The second kappa shape index (κ2) is 9.49. The van der Waals surface area contributed by atoms with Gasteiger partial charge in [-0.1, -0.05) is 60.7 Å². The van der Waals surface area contributed by atoms with Gasteiger partial charge >= 0.3 is 12.1 Å². The van der Waals surface area contributed by atoms with Gasteiger partial charge in [0.15, 0.2) is 0 Å². The molecule has 1 atom stereocenters. The van der Waals surface area contributed by atoms with Crippen LogP contribution in [-0.4, -0.2) is 34.8 Å². The molecule has 3 aromatic rings. The van der Waals surface area contributed by atoms with Gasteiger partial charge in [0, 0.05) is 24.5 Å². The summed E-state index contributed by atoms with van der Waals surface area (Å²) in [4.78, 5) is 38.7. The van der Waals surface area contributed by atoms with Crippen LogP contribution in [0.3, 0.4) is 0 Å². The Hall–Kier alpha value is -4.24. The van der Waals surface area contributed by atoms with Crippen molar-refractivity contribution in [3.8, 4) is 11.1 Å². The molecule has 0 radical (unpaired) electrons. The third-order valence-corrected chi connectivity index (χ3v) is 5.50. The predicted octanol–water partition coefficient (Wildman–Crippen LogP) is 4.06. The number of hydrogen-bond donors (Lipinski definition) is 2. The van der Waals surface area contributed by atoms with Crippen molar-refractivity contribution < 1.29 is 29.2 Å². The van der Waals surface area contributed by atoms with Crippen LogP contribution in [0.4, 0.5) is 10.5 Å². The van der Waals surface area contributed by atoms with Crippen molar-refractivity contribution in [3.05, 3.63) is 99.6 Å². The van der Waals surface area contributed by atoms with E-state index < -0.39 is 23.1 Å². The van der Waals surface area contributed by atoms with Crippen molar-refractivity contribution in [2.75, 3.05) is 6.61 Å². The summed E-state index contributed by atoms with van der Waals surface area (Å²) < 4.78 is 5.27. The van der Waals surface area contributed by atoms with Crippen LogP contribution in [0.2, 0.25) is 0 Å². The first-order valence-corrected chi connectivity index (χ1v) is 10.2. The van der Waals surface area contributed by atoms with Crippen molar-refractivity contribution in [1.29, 1.82) is 0 Å². The summed E-state index contributed by atoms with van der Waals surface area (Å²) in [7, 11) is 0. The summed E-state index contributed by atoms with van der Waals surface area (Å²) in [6.07, 6.45) is -1.10. The number of carboxylic acid groups (broad SMARTS) is 1. The molecule has 0 saturated heterocycles. The summed E-state index contributed by atoms with van der Waals surface area (Å²) in [5, 5.41) is 20.1. The maximum atomic E-state index is 12.1. The van der Waals surface area contributed by atoms with Crippen LogP contribution in [0, 0.1) is 10.1 Å². The van der Waals surface area contributed by atoms with E-state index in [1.165, 1.54) is 24.3 Å². The number of hydrogen-bond acceptors (Lipinski definition) is 7. The molecule has 0 heterocycles. The third kappa shape index (κ3) is 4.83. The molecule has 33 heavy (non-hydrogen) atoms. The molecule has 4 rings (SSSR count). The van der Waals surface area contributed by atoms with Crippen molar-refractivity contribution in [2.45, 2.75) is 18.4 Å². The lowest BCUT2D eigenvalue weighted by Gasteiger charge is -2.16. The van der Waals surface area contributed by atoms with Crippen molar-refractivity contribution in [1.82, 2.24) is 5.48 Å². The number of nitrogens with one attached hydrogen (secondary N) is 1. The number of nitro groups is 1. The molecule has 0 aliphatic heterocycles. The molecule has 9 heteroatoms. The highest BCUT2D eigenvalue weighted by Crippen LogP contribution is 2.44. The van der Waals surface area contributed by atoms with Crippen molar-refractivity contribution in [3.63, 3.8) is 0 Å². The van der Waals surface area contributed by atoms with E-state index in [0.717, 1.165) is 22.3 Å². The quantitative estimate of drug-likeness (QED) is 0.300. The van der Waals surface area contributed by atoms with E-state index in [2.05, 4.69) is 5.48 Å². The fourth-order valence-electron chi connectivity index (χ4n) is 3.91. The molecule has 1 aliphatic rings. The Morgan fingerprint density at radius 1 is 0.970 bits per heavy atom.